The summed E-state index contributed by atoms with van der Waals surface area (Å²) in [4.78, 5) is 12.6. The van der Waals surface area contributed by atoms with Crippen molar-refractivity contribution in [2.75, 3.05) is 46.4 Å². The van der Waals surface area contributed by atoms with Gasteiger partial charge in [0.15, 0.2) is 0 Å². The Morgan fingerprint density at radius 1 is 1.55 bits per heavy atom. The number of aliphatic carboxylic acids is 1. The molecule has 1 heterocycles. The van der Waals surface area contributed by atoms with Crippen LogP contribution in [0.4, 0.5) is 0 Å². The summed E-state index contributed by atoms with van der Waals surface area (Å²) in [6, 6.07) is 0. The molecule has 1 aliphatic heterocycles. The van der Waals surface area contributed by atoms with Crippen LogP contribution < -0.4 is 4.72 Å². The zero-order chi connectivity index (χ0) is 15.2. The molecule has 1 fully saturated rings. The minimum absolute atomic E-state index is 0.0583. The molecule has 0 radical (unpaired) electrons. The van der Waals surface area contributed by atoms with Crippen molar-refractivity contribution in [2.24, 2.45) is 0 Å². The summed E-state index contributed by atoms with van der Waals surface area (Å²) < 4.78 is 32.7. The van der Waals surface area contributed by atoms with Gasteiger partial charge in [0.1, 0.15) is 0 Å². The molecular weight excluding hydrogens is 286 g/mol. The minimum Gasteiger partial charge on any atom is -0.481 e. The number of carbonyl (C=O) groups is 1. The lowest BCUT2D eigenvalue weighted by Crippen LogP contribution is -2.49. The largest absolute Gasteiger partial charge is 0.481 e. The van der Waals surface area contributed by atoms with Crippen molar-refractivity contribution in [1.29, 1.82) is 0 Å². The van der Waals surface area contributed by atoms with Gasteiger partial charge in [0.25, 0.3) is 10.2 Å². The fraction of sp³-hybridized carbons (Fsp3) is 0.909. The maximum absolute atomic E-state index is 11.9. The van der Waals surface area contributed by atoms with Crippen LogP contribution in [0.5, 0.6) is 0 Å². The minimum atomic E-state index is -3.66. The summed E-state index contributed by atoms with van der Waals surface area (Å²) in [6.07, 6.45) is -0.396. The van der Waals surface area contributed by atoms with Crippen LogP contribution in [0.3, 0.4) is 0 Å². The number of morpholine rings is 1. The second-order valence-corrected chi connectivity index (χ2v) is 6.57. The van der Waals surface area contributed by atoms with Crippen molar-refractivity contribution in [3.8, 4) is 0 Å². The maximum Gasteiger partial charge on any atom is 0.304 e. The fourth-order valence-corrected chi connectivity index (χ4v) is 2.82. The van der Waals surface area contributed by atoms with Crippen LogP contribution in [-0.2, 0) is 19.7 Å². The monoisotopic (exact) mass is 309 g/mol. The number of hydrogen-bond acceptors (Lipinski definition) is 5. The van der Waals surface area contributed by atoms with Gasteiger partial charge in [0.05, 0.1) is 19.1 Å². The van der Waals surface area contributed by atoms with Gasteiger partial charge in [-0.2, -0.15) is 17.4 Å². The van der Waals surface area contributed by atoms with Crippen LogP contribution in [0.2, 0.25) is 0 Å². The van der Waals surface area contributed by atoms with Gasteiger partial charge in [-0.3, -0.25) is 9.69 Å². The molecule has 1 rings (SSSR count). The highest BCUT2D eigenvalue weighted by molar-refractivity contribution is 7.87. The molecule has 0 aromatic heterocycles. The van der Waals surface area contributed by atoms with E-state index in [1.165, 1.54) is 7.05 Å². The quantitative estimate of drug-likeness (QED) is 0.593. The number of nitrogens with zero attached hydrogens (tertiary/aromatic N) is 2. The lowest BCUT2D eigenvalue weighted by atomic mass is 10.3. The van der Waals surface area contributed by atoms with E-state index >= 15 is 0 Å². The number of nitrogens with one attached hydrogen (secondary N) is 1. The number of carboxylic acids is 1. The smallest absolute Gasteiger partial charge is 0.304 e. The predicted octanol–water partition coefficient (Wildman–Crippen LogP) is -1.05. The van der Waals surface area contributed by atoms with E-state index in [0.717, 1.165) is 17.4 Å². The highest BCUT2D eigenvalue weighted by atomic mass is 32.2. The molecule has 0 aliphatic carbocycles. The van der Waals surface area contributed by atoms with E-state index in [1.807, 2.05) is 6.92 Å². The maximum atomic E-state index is 11.9. The summed E-state index contributed by atoms with van der Waals surface area (Å²) in [5, 5.41) is 8.55. The van der Waals surface area contributed by atoms with Crippen LogP contribution in [0.25, 0.3) is 0 Å². The SMILES string of the molecule is CCN1CCOC(CNS(=O)(=O)N(C)CCC(=O)O)C1. The van der Waals surface area contributed by atoms with E-state index in [9.17, 15) is 13.2 Å². The van der Waals surface area contributed by atoms with Gasteiger partial charge >= 0.3 is 5.97 Å². The Morgan fingerprint density at radius 3 is 2.85 bits per heavy atom. The molecule has 0 bridgehead atoms. The first-order chi connectivity index (χ1) is 9.35. The highest BCUT2D eigenvalue weighted by Crippen LogP contribution is 2.05. The second-order valence-electron chi connectivity index (χ2n) is 4.70. The molecule has 1 unspecified atom stereocenters. The average Bonchev–Trinajstić information content (AvgIpc) is 2.42. The molecule has 0 aromatic carbocycles. The van der Waals surface area contributed by atoms with E-state index in [2.05, 4.69) is 9.62 Å². The molecule has 9 heteroatoms. The summed E-state index contributed by atoms with van der Waals surface area (Å²) in [5.41, 5.74) is 0. The van der Waals surface area contributed by atoms with Gasteiger partial charge in [-0.1, -0.05) is 6.92 Å². The Kier molecular flexibility index (Phi) is 6.83. The molecule has 2 N–H and O–H groups in total. The second kappa shape index (κ2) is 7.89. The molecule has 1 saturated heterocycles. The summed E-state index contributed by atoms with van der Waals surface area (Å²) in [6.45, 7) is 5.23. The van der Waals surface area contributed by atoms with Crippen molar-refractivity contribution in [1.82, 2.24) is 13.9 Å². The van der Waals surface area contributed by atoms with Gasteiger partial charge in [0.2, 0.25) is 0 Å². The summed E-state index contributed by atoms with van der Waals surface area (Å²) in [5.74, 6) is -1.03. The first-order valence-electron chi connectivity index (χ1n) is 6.61. The number of ether oxygens (including phenoxy) is 1. The normalized spacial score (nSPS) is 21.2. The molecule has 8 nitrogen and oxygen atoms in total. The number of hydrogen-bond donors (Lipinski definition) is 2. The Labute approximate surface area is 119 Å². The van der Waals surface area contributed by atoms with Crippen LogP contribution in [0, 0.1) is 0 Å². The van der Waals surface area contributed by atoms with E-state index in [-0.39, 0.29) is 25.6 Å². The van der Waals surface area contributed by atoms with Crippen molar-refractivity contribution < 1.29 is 23.1 Å². The van der Waals surface area contributed by atoms with Crippen molar-refractivity contribution >= 4 is 16.2 Å². The van der Waals surface area contributed by atoms with E-state index in [1.54, 1.807) is 0 Å². The molecule has 1 atom stereocenters. The predicted molar refractivity (Wildman–Crippen MR) is 73.7 cm³/mol. The van der Waals surface area contributed by atoms with Crippen LogP contribution >= 0.6 is 0 Å². The fourth-order valence-electron chi connectivity index (χ4n) is 1.87. The molecule has 0 spiro atoms. The van der Waals surface area contributed by atoms with Crippen molar-refractivity contribution in [2.45, 2.75) is 19.4 Å². The Morgan fingerprint density at radius 2 is 2.25 bits per heavy atom. The summed E-state index contributed by atoms with van der Waals surface area (Å²) in [7, 11) is -2.31. The van der Waals surface area contributed by atoms with Crippen molar-refractivity contribution in [3.63, 3.8) is 0 Å². The van der Waals surface area contributed by atoms with Crippen LogP contribution in [0.15, 0.2) is 0 Å². The van der Waals surface area contributed by atoms with Crippen LogP contribution in [-0.4, -0.2) is 81.2 Å². The Hall–Kier alpha value is -0.740. The first kappa shape index (κ1) is 17.3. The molecule has 0 aromatic rings. The lowest BCUT2D eigenvalue weighted by molar-refractivity contribution is -0.137. The van der Waals surface area contributed by atoms with Crippen LogP contribution in [0.1, 0.15) is 13.3 Å². The molecule has 1 aliphatic rings. The molecule has 118 valence electrons. The molecular formula is C11H23N3O5S. The standard InChI is InChI=1S/C11H23N3O5S/c1-3-14-6-7-19-10(9-14)8-12-20(17,18)13(2)5-4-11(15)16/h10,12H,3-9H2,1-2H3,(H,15,16). The first-order valence-corrected chi connectivity index (χ1v) is 8.06. The number of rotatable bonds is 8. The van der Waals surface area contributed by atoms with E-state index < -0.39 is 16.2 Å². The van der Waals surface area contributed by atoms with Crippen molar-refractivity contribution in [3.05, 3.63) is 0 Å². The zero-order valence-corrected chi connectivity index (χ0v) is 12.7. The molecule has 20 heavy (non-hydrogen) atoms. The van der Waals surface area contributed by atoms with Gasteiger partial charge in [-0.15, -0.1) is 0 Å². The Balaban J connectivity index is 2.40. The highest BCUT2D eigenvalue weighted by Gasteiger charge is 2.23. The van der Waals surface area contributed by atoms with E-state index in [4.69, 9.17) is 9.84 Å². The number of likely N-dealkylation sites (N-methyl/N-ethyl adjacent to an activating group) is 1. The topological polar surface area (TPSA) is 99.2 Å². The third kappa shape index (κ3) is 5.71. The van der Waals surface area contributed by atoms with E-state index in [0.29, 0.717) is 13.2 Å². The van der Waals surface area contributed by atoms with Gasteiger partial charge < -0.3 is 9.84 Å². The number of carboxylic acid groups (broad SMARTS) is 1. The van der Waals surface area contributed by atoms with Gasteiger partial charge in [-0.25, -0.2) is 0 Å². The third-order valence-corrected chi connectivity index (χ3v) is 4.75. The average molecular weight is 309 g/mol. The lowest BCUT2D eigenvalue weighted by Gasteiger charge is -2.32. The third-order valence-electron chi connectivity index (χ3n) is 3.21. The zero-order valence-electron chi connectivity index (χ0n) is 11.9. The Bertz CT molecular complexity index is 414. The van der Waals surface area contributed by atoms with Gasteiger partial charge in [-0.05, 0) is 6.54 Å². The summed E-state index contributed by atoms with van der Waals surface area (Å²) >= 11 is 0. The molecule has 0 amide bonds. The van der Waals surface area contributed by atoms with Gasteiger partial charge in [0, 0.05) is 33.2 Å². The molecule has 0 saturated carbocycles.